The minimum absolute atomic E-state index is 0.139. The summed E-state index contributed by atoms with van der Waals surface area (Å²) in [6.45, 7) is 3.84. The maximum Gasteiger partial charge on any atom is 0.247 e. The van der Waals surface area contributed by atoms with Crippen molar-refractivity contribution in [1.29, 1.82) is 0 Å². The molecule has 0 fully saturated rings. The van der Waals surface area contributed by atoms with Crippen molar-refractivity contribution in [2.24, 2.45) is 0 Å². The zero-order chi connectivity index (χ0) is 14.6. The van der Waals surface area contributed by atoms with Gasteiger partial charge >= 0.3 is 0 Å². The zero-order valence-corrected chi connectivity index (χ0v) is 12.2. The Morgan fingerprint density at radius 2 is 1.95 bits per heavy atom. The second-order valence-corrected chi connectivity index (χ2v) is 6.39. The highest BCUT2D eigenvalue weighted by atomic mass is 32.2. The molecule has 2 aromatic rings. The molecular formula is C12H16N4O3S. The van der Waals surface area contributed by atoms with Crippen LogP contribution in [0.4, 0.5) is 0 Å². The van der Waals surface area contributed by atoms with Crippen molar-refractivity contribution in [3.63, 3.8) is 0 Å². The molecule has 0 aliphatic heterocycles. The van der Waals surface area contributed by atoms with Crippen LogP contribution in [0.15, 0.2) is 22.1 Å². The maximum absolute atomic E-state index is 12.1. The van der Waals surface area contributed by atoms with E-state index in [1.807, 2.05) is 0 Å². The van der Waals surface area contributed by atoms with Crippen molar-refractivity contribution >= 4 is 9.84 Å². The average Bonchev–Trinajstić information content (AvgIpc) is 2.83. The second kappa shape index (κ2) is 6.08. The Kier molecular flexibility index (Phi) is 4.43. The lowest BCUT2D eigenvalue weighted by atomic mass is 10.2. The van der Waals surface area contributed by atoms with E-state index in [0.717, 1.165) is 18.4 Å². The second-order valence-electron chi connectivity index (χ2n) is 4.51. The van der Waals surface area contributed by atoms with Crippen LogP contribution in [0.3, 0.4) is 0 Å². The molecule has 0 aromatic carbocycles. The first-order valence-electron chi connectivity index (χ1n) is 6.34. The van der Waals surface area contributed by atoms with Crippen LogP contribution in [-0.2, 0) is 22.0 Å². The SMILES string of the molecule is CCCCc1nc(CS(=O)(=O)c2ncc(C)cn2)no1. The third kappa shape index (κ3) is 3.60. The third-order valence-electron chi connectivity index (χ3n) is 2.61. The molecule has 0 bridgehead atoms. The van der Waals surface area contributed by atoms with Gasteiger partial charge in [0.2, 0.25) is 20.9 Å². The van der Waals surface area contributed by atoms with Crippen LogP contribution in [0.5, 0.6) is 0 Å². The van der Waals surface area contributed by atoms with E-state index in [4.69, 9.17) is 4.52 Å². The monoisotopic (exact) mass is 296 g/mol. The predicted molar refractivity (Wildman–Crippen MR) is 70.6 cm³/mol. The Morgan fingerprint density at radius 3 is 2.60 bits per heavy atom. The fourth-order valence-electron chi connectivity index (χ4n) is 1.55. The number of aromatic nitrogens is 4. The first kappa shape index (κ1) is 14.6. The number of unbranched alkanes of at least 4 members (excludes halogenated alkanes) is 1. The van der Waals surface area contributed by atoms with Crippen molar-refractivity contribution in [2.75, 3.05) is 0 Å². The van der Waals surface area contributed by atoms with Crippen LogP contribution in [0.25, 0.3) is 0 Å². The van der Waals surface area contributed by atoms with Crippen molar-refractivity contribution in [1.82, 2.24) is 20.1 Å². The van der Waals surface area contributed by atoms with Gasteiger partial charge in [-0.05, 0) is 18.9 Å². The van der Waals surface area contributed by atoms with Crippen LogP contribution >= 0.6 is 0 Å². The van der Waals surface area contributed by atoms with E-state index in [-0.39, 0.29) is 16.7 Å². The largest absolute Gasteiger partial charge is 0.339 e. The first-order chi connectivity index (χ1) is 9.51. The molecule has 7 nitrogen and oxygen atoms in total. The van der Waals surface area contributed by atoms with E-state index >= 15 is 0 Å². The molecule has 0 aliphatic rings. The standard InChI is InChI=1S/C12H16N4O3S/c1-3-4-5-11-15-10(16-19-11)8-20(17,18)12-13-6-9(2)7-14-12/h6-7H,3-5,8H2,1-2H3. The van der Waals surface area contributed by atoms with Gasteiger partial charge in [0.05, 0.1) is 0 Å². The molecule has 0 aliphatic carbocycles. The van der Waals surface area contributed by atoms with Crippen molar-refractivity contribution in [3.05, 3.63) is 29.7 Å². The summed E-state index contributed by atoms with van der Waals surface area (Å²) in [6, 6.07) is 0. The number of sulfone groups is 1. The molecule has 0 atom stereocenters. The van der Waals surface area contributed by atoms with Gasteiger partial charge in [-0.15, -0.1) is 0 Å². The van der Waals surface area contributed by atoms with E-state index in [9.17, 15) is 8.42 Å². The highest BCUT2D eigenvalue weighted by Gasteiger charge is 2.22. The maximum atomic E-state index is 12.1. The molecule has 0 unspecified atom stereocenters. The minimum atomic E-state index is -3.64. The average molecular weight is 296 g/mol. The van der Waals surface area contributed by atoms with E-state index in [2.05, 4.69) is 27.0 Å². The van der Waals surface area contributed by atoms with Gasteiger partial charge < -0.3 is 4.52 Å². The fourth-order valence-corrected chi connectivity index (χ4v) is 2.57. The van der Waals surface area contributed by atoms with Gasteiger partial charge in [-0.3, -0.25) is 0 Å². The Balaban J connectivity index is 2.12. The smallest absolute Gasteiger partial charge is 0.247 e. The Morgan fingerprint density at radius 1 is 1.25 bits per heavy atom. The van der Waals surface area contributed by atoms with E-state index < -0.39 is 9.84 Å². The lowest BCUT2D eigenvalue weighted by Gasteiger charge is -1.99. The van der Waals surface area contributed by atoms with Gasteiger partial charge in [0.15, 0.2) is 5.82 Å². The van der Waals surface area contributed by atoms with Gasteiger partial charge in [-0.2, -0.15) is 4.98 Å². The molecule has 8 heteroatoms. The normalized spacial score (nSPS) is 11.7. The molecule has 20 heavy (non-hydrogen) atoms. The summed E-state index contributed by atoms with van der Waals surface area (Å²) < 4.78 is 29.2. The highest BCUT2D eigenvalue weighted by Crippen LogP contribution is 2.11. The number of rotatable bonds is 6. The molecule has 0 N–H and O–H groups in total. The molecule has 2 rings (SSSR count). The number of hydrogen-bond acceptors (Lipinski definition) is 7. The Bertz CT molecular complexity index is 664. The molecular weight excluding hydrogens is 280 g/mol. The molecule has 0 spiro atoms. The lowest BCUT2D eigenvalue weighted by Crippen LogP contribution is -2.10. The molecule has 2 aromatic heterocycles. The molecule has 0 amide bonds. The summed E-state index contributed by atoms with van der Waals surface area (Å²) in [5.74, 6) is 0.244. The summed E-state index contributed by atoms with van der Waals surface area (Å²) in [5, 5.41) is 3.46. The lowest BCUT2D eigenvalue weighted by molar-refractivity contribution is 0.371. The van der Waals surface area contributed by atoms with Gasteiger partial charge in [0, 0.05) is 18.8 Å². The van der Waals surface area contributed by atoms with Gasteiger partial charge in [-0.25, -0.2) is 18.4 Å². The molecule has 0 saturated heterocycles. The number of hydrogen-bond donors (Lipinski definition) is 0. The molecule has 0 saturated carbocycles. The molecule has 0 radical (unpaired) electrons. The molecule has 108 valence electrons. The van der Waals surface area contributed by atoms with E-state index in [1.165, 1.54) is 12.4 Å². The van der Waals surface area contributed by atoms with Crippen LogP contribution in [0.2, 0.25) is 0 Å². The summed E-state index contributed by atoms with van der Waals surface area (Å²) in [5.41, 5.74) is 0.797. The van der Waals surface area contributed by atoms with Crippen molar-refractivity contribution in [3.8, 4) is 0 Å². The van der Waals surface area contributed by atoms with E-state index in [0.29, 0.717) is 12.3 Å². The molecule has 2 heterocycles. The van der Waals surface area contributed by atoms with Crippen molar-refractivity contribution in [2.45, 2.75) is 44.0 Å². The number of nitrogens with zero attached hydrogens (tertiary/aromatic N) is 4. The topological polar surface area (TPSA) is 98.8 Å². The third-order valence-corrected chi connectivity index (χ3v) is 4.01. The van der Waals surface area contributed by atoms with Crippen LogP contribution in [0, 0.1) is 6.92 Å². The predicted octanol–water partition coefficient (Wildman–Crippen LogP) is 1.48. The minimum Gasteiger partial charge on any atom is -0.339 e. The van der Waals surface area contributed by atoms with Gasteiger partial charge in [-0.1, -0.05) is 18.5 Å². The van der Waals surface area contributed by atoms with Crippen molar-refractivity contribution < 1.29 is 12.9 Å². The van der Waals surface area contributed by atoms with Crippen LogP contribution in [0.1, 0.15) is 37.0 Å². The Hall–Kier alpha value is -1.83. The summed E-state index contributed by atoms with van der Waals surface area (Å²) >= 11 is 0. The summed E-state index contributed by atoms with van der Waals surface area (Å²) in [7, 11) is -3.64. The zero-order valence-electron chi connectivity index (χ0n) is 11.4. The Labute approximate surface area is 117 Å². The quantitative estimate of drug-likeness (QED) is 0.744. The number of aryl methyl sites for hydroxylation is 2. The van der Waals surface area contributed by atoms with Gasteiger partial charge in [0.25, 0.3) is 0 Å². The summed E-state index contributed by atoms with van der Waals surface area (Å²) in [4.78, 5) is 11.7. The van der Waals surface area contributed by atoms with Crippen LogP contribution in [-0.4, -0.2) is 28.5 Å². The first-order valence-corrected chi connectivity index (χ1v) is 7.99. The highest BCUT2D eigenvalue weighted by molar-refractivity contribution is 7.90. The fraction of sp³-hybridized carbons (Fsp3) is 0.500. The van der Waals surface area contributed by atoms with E-state index in [1.54, 1.807) is 6.92 Å². The summed E-state index contributed by atoms with van der Waals surface area (Å²) in [6.07, 6.45) is 5.51. The van der Waals surface area contributed by atoms with Crippen LogP contribution < -0.4 is 0 Å². The van der Waals surface area contributed by atoms with Gasteiger partial charge in [0.1, 0.15) is 5.75 Å².